The number of sulfonamides is 1. The fourth-order valence-corrected chi connectivity index (χ4v) is 3.60. The molecule has 2 amide bonds. The molecule has 2 heterocycles. The molecule has 0 unspecified atom stereocenters. The van der Waals surface area contributed by atoms with Gasteiger partial charge in [-0.3, -0.25) is 4.79 Å². The Labute approximate surface area is 167 Å². The van der Waals surface area contributed by atoms with Crippen LogP contribution in [0.3, 0.4) is 0 Å². The number of amides is 2. The molecule has 11 nitrogen and oxygen atoms in total. The van der Waals surface area contributed by atoms with Crippen molar-refractivity contribution in [2.45, 2.75) is 24.3 Å². The van der Waals surface area contributed by atoms with Gasteiger partial charge in [0.05, 0.1) is 17.6 Å². The Morgan fingerprint density at radius 2 is 1.86 bits per heavy atom. The van der Waals surface area contributed by atoms with E-state index in [1.54, 1.807) is 12.1 Å². The van der Waals surface area contributed by atoms with Crippen molar-refractivity contribution in [3.8, 4) is 0 Å². The summed E-state index contributed by atoms with van der Waals surface area (Å²) < 4.78 is 22.6. The molecule has 0 radical (unpaired) electrons. The number of piperidine rings is 1. The van der Waals surface area contributed by atoms with Gasteiger partial charge in [-0.15, -0.1) is 5.10 Å². The minimum Gasteiger partial charge on any atom is -0.465 e. The summed E-state index contributed by atoms with van der Waals surface area (Å²) in [5.41, 5.74) is 0.930. The van der Waals surface area contributed by atoms with E-state index < -0.39 is 16.1 Å². The summed E-state index contributed by atoms with van der Waals surface area (Å²) in [6.07, 6.45) is 1.85. The van der Waals surface area contributed by atoms with Crippen LogP contribution in [0.25, 0.3) is 0 Å². The molecule has 3 rings (SSSR count). The van der Waals surface area contributed by atoms with Gasteiger partial charge in [0.15, 0.2) is 5.69 Å². The fourth-order valence-electron chi connectivity index (χ4n) is 3.08. The van der Waals surface area contributed by atoms with Gasteiger partial charge in [0.1, 0.15) is 0 Å². The van der Waals surface area contributed by atoms with E-state index in [0.717, 1.165) is 5.56 Å². The first-order chi connectivity index (χ1) is 13.7. The summed E-state index contributed by atoms with van der Waals surface area (Å²) in [5, 5.41) is 25.0. The van der Waals surface area contributed by atoms with Crippen LogP contribution in [0.2, 0.25) is 0 Å². The van der Waals surface area contributed by atoms with Crippen molar-refractivity contribution in [2.75, 3.05) is 19.6 Å². The fraction of sp³-hybridized carbons (Fsp3) is 0.412. The largest absolute Gasteiger partial charge is 0.465 e. The quantitative estimate of drug-likeness (QED) is 0.594. The second-order valence-electron chi connectivity index (χ2n) is 6.87. The molecule has 29 heavy (non-hydrogen) atoms. The number of nitrogens with two attached hydrogens (primary N) is 1. The minimum absolute atomic E-state index is 0.0175. The first-order valence-corrected chi connectivity index (χ1v) is 10.5. The third-order valence-corrected chi connectivity index (χ3v) is 5.71. The first kappa shape index (κ1) is 20.7. The van der Waals surface area contributed by atoms with Crippen molar-refractivity contribution in [3.05, 3.63) is 41.7 Å². The van der Waals surface area contributed by atoms with Gasteiger partial charge in [-0.2, -0.15) is 9.90 Å². The number of nitrogens with one attached hydrogen (secondary N) is 1. The third kappa shape index (κ3) is 5.51. The van der Waals surface area contributed by atoms with Crippen molar-refractivity contribution < 1.29 is 23.1 Å². The highest BCUT2D eigenvalue weighted by atomic mass is 32.2. The second kappa shape index (κ2) is 8.57. The number of carbonyl (C=O) groups is 2. The number of carboxylic acid groups (broad SMARTS) is 1. The molecule has 1 fully saturated rings. The van der Waals surface area contributed by atoms with Crippen LogP contribution in [0, 0.1) is 5.92 Å². The monoisotopic (exact) mass is 422 g/mol. The summed E-state index contributed by atoms with van der Waals surface area (Å²) >= 11 is 0. The predicted octanol–water partition coefficient (Wildman–Crippen LogP) is 0.0936. The smallest absolute Gasteiger partial charge is 0.407 e. The molecule has 12 heteroatoms. The van der Waals surface area contributed by atoms with Gasteiger partial charge < -0.3 is 15.3 Å². The Morgan fingerprint density at radius 1 is 1.21 bits per heavy atom. The number of nitrogens with zero attached hydrogens (tertiary/aromatic N) is 4. The van der Waals surface area contributed by atoms with E-state index in [1.807, 2.05) is 0 Å². The molecule has 1 aromatic carbocycles. The maximum absolute atomic E-state index is 12.3. The normalized spacial score (nSPS) is 15.3. The summed E-state index contributed by atoms with van der Waals surface area (Å²) in [7, 11) is -3.75. The number of likely N-dealkylation sites (tertiary alicyclic amines) is 1. The zero-order valence-electron chi connectivity index (χ0n) is 15.6. The highest BCUT2D eigenvalue weighted by Crippen LogP contribution is 2.16. The van der Waals surface area contributed by atoms with Crippen LogP contribution in [0.5, 0.6) is 0 Å². The first-order valence-electron chi connectivity index (χ1n) is 9.00. The van der Waals surface area contributed by atoms with Crippen molar-refractivity contribution in [3.63, 3.8) is 0 Å². The van der Waals surface area contributed by atoms with E-state index in [-0.39, 0.29) is 29.0 Å². The van der Waals surface area contributed by atoms with E-state index in [0.29, 0.717) is 32.5 Å². The molecular formula is C17H22N6O5S. The summed E-state index contributed by atoms with van der Waals surface area (Å²) in [4.78, 5) is 25.9. The Kier molecular flexibility index (Phi) is 6.13. The maximum atomic E-state index is 12.3. The lowest BCUT2D eigenvalue weighted by atomic mass is 9.97. The molecule has 0 bridgehead atoms. The molecular weight excluding hydrogens is 400 g/mol. The summed E-state index contributed by atoms with van der Waals surface area (Å²) in [6.45, 7) is 1.66. The number of benzene rings is 1. The average molecular weight is 422 g/mol. The molecule has 0 aliphatic carbocycles. The second-order valence-corrected chi connectivity index (χ2v) is 8.43. The van der Waals surface area contributed by atoms with Gasteiger partial charge in [-0.05, 0) is 36.5 Å². The number of carbonyl (C=O) groups excluding carboxylic acids is 1. The molecule has 156 valence electrons. The van der Waals surface area contributed by atoms with Crippen LogP contribution in [-0.4, -0.2) is 65.1 Å². The van der Waals surface area contributed by atoms with Crippen molar-refractivity contribution in [1.29, 1.82) is 0 Å². The number of hydrogen-bond acceptors (Lipinski definition) is 6. The zero-order chi connectivity index (χ0) is 21.0. The number of aromatic nitrogens is 3. The molecule has 0 atom stereocenters. The number of hydrogen-bond donors (Lipinski definition) is 3. The Balaban J connectivity index is 1.50. The van der Waals surface area contributed by atoms with Gasteiger partial charge in [0, 0.05) is 19.6 Å². The van der Waals surface area contributed by atoms with Crippen molar-refractivity contribution in [2.24, 2.45) is 11.1 Å². The van der Waals surface area contributed by atoms with E-state index in [1.165, 1.54) is 28.0 Å². The highest BCUT2D eigenvalue weighted by Gasteiger charge is 2.23. The van der Waals surface area contributed by atoms with Crippen LogP contribution in [0.15, 0.2) is 35.4 Å². The van der Waals surface area contributed by atoms with Crippen LogP contribution < -0.4 is 10.5 Å². The zero-order valence-corrected chi connectivity index (χ0v) is 16.4. The SMILES string of the molecule is NS(=O)(=O)c1ccc(Cn2ncc(C(=O)NCC3CCN(C(=O)O)CC3)n2)cc1. The lowest BCUT2D eigenvalue weighted by Crippen LogP contribution is -2.41. The van der Waals surface area contributed by atoms with Gasteiger partial charge in [-0.25, -0.2) is 18.4 Å². The Bertz CT molecular complexity index is 980. The average Bonchev–Trinajstić information content (AvgIpc) is 3.14. The topological polar surface area (TPSA) is 161 Å². The molecule has 2 aromatic rings. The van der Waals surface area contributed by atoms with E-state index in [2.05, 4.69) is 15.5 Å². The lowest BCUT2D eigenvalue weighted by molar-refractivity contribution is 0.0923. The predicted molar refractivity (Wildman–Crippen MR) is 102 cm³/mol. The molecule has 1 aliphatic rings. The molecule has 4 N–H and O–H groups in total. The summed E-state index contributed by atoms with van der Waals surface area (Å²) in [6, 6.07) is 6.01. The molecule has 1 aliphatic heterocycles. The number of primary sulfonamides is 1. The van der Waals surface area contributed by atoms with Crippen LogP contribution >= 0.6 is 0 Å². The van der Waals surface area contributed by atoms with E-state index in [9.17, 15) is 18.0 Å². The van der Waals surface area contributed by atoms with Crippen LogP contribution in [0.4, 0.5) is 4.79 Å². The van der Waals surface area contributed by atoms with E-state index in [4.69, 9.17) is 10.2 Å². The number of rotatable bonds is 6. The summed E-state index contributed by atoms with van der Waals surface area (Å²) in [5.74, 6) is -0.122. The Morgan fingerprint density at radius 3 is 2.45 bits per heavy atom. The molecule has 1 saturated heterocycles. The molecule has 0 spiro atoms. The lowest BCUT2D eigenvalue weighted by Gasteiger charge is -2.29. The van der Waals surface area contributed by atoms with Gasteiger partial charge in [-0.1, -0.05) is 12.1 Å². The van der Waals surface area contributed by atoms with Gasteiger partial charge in [0.2, 0.25) is 10.0 Å². The van der Waals surface area contributed by atoms with Crippen LogP contribution in [0.1, 0.15) is 28.9 Å². The molecule has 0 saturated carbocycles. The van der Waals surface area contributed by atoms with Gasteiger partial charge >= 0.3 is 6.09 Å². The Hall–Kier alpha value is -2.99. The molecule has 1 aromatic heterocycles. The van der Waals surface area contributed by atoms with E-state index >= 15 is 0 Å². The van der Waals surface area contributed by atoms with Crippen molar-refractivity contribution >= 4 is 22.0 Å². The highest BCUT2D eigenvalue weighted by molar-refractivity contribution is 7.89. The maximum Gasteiger partial charge on any atom is 0.407 e. The van der Waals surface area contributed by atoms with Gasteiger partial charge in [0.25, 0.3) is 5.91 Å². The minimum atomic E-state index is -3.75. The standard InChI is InChI=1S/C17H22N6O5S/c18-29(27,28)14-3-1-13(2-4-14)11-23-20-10-15(21-23)16(24)19-9-12-5-7-22(8-6-12)17(25)26/h1-4,10,12H,5-9,11H2,(H,19,24)(H,25,26)(H2,18,27,28). The third-order valence-electron chi connectivity index (χ3n) is 4.78. The van der Waals surface area contributed by atoms with Crippen molar-refractivity contribution in [1.82, 2.24) is 25.2 Å². The van der Waals surface area contributed by atoms with Crippen LogP contribution in [-0.2, 0) is 16.6 Å².